The van der Waals surface area contributed by atoms with Crippen LogP contribution in [0.15, 0.2) is 24.4 Å². The number of nitrogens with zero attached hydrogens (tertiary/aromatic N) is 2. The Morgan fingerprint density at radius 2 is 1.92 bits per heavy atom. The fourth-order valence-corrected chi connectivity index (χ4v) is 3.86. The molecule has 1 aromatic heterocycles. The van der Waals surface area contributed by atoms with Crippen LogP contribution in [0, 0.1) is 0 Å². The van der Waals surface area contributed by atoms with Crippen LogP contribution in [0.4, 0.5) is 0 Å². The highest BCUT2D eigenvalue weighted by Gasteiger charge is 2.30. The molecule has 2 heterocycles. The first-order valence-corrected chi connectivity index (χ1v) is 9.49. The van der Waals surface area contributed by atoms with Crippen molar-refractivity contribution >= 4 is 0 Å². The van der Waals surface area contributed by atoms with Gasteiger partial charge >= 0.3 is 0 Å². The standard InChI is InChI=1S/C20H27N3O3/c1-23-13-16(12-21-14-20(24)7-2-3-8-20)19(22-23)15-5-6-17-18(11-15)26-10-4-9-25-17/h5-6,11,13,21,24H,2-4,7-10,12,14H2,1H3. The van der Waals surface area contributed by atoms with Crippen molar-refractivity contribution in [1.29, 1.82) is 0 Å². The Hall–Kier alpha value is -2.05. The molecular formula is C20H27N3O3. The summed E-state index contributed by atoms with van der Waals surface area (Å²) in [4.78, 5) is 0. The first-order valence-electron chi connectivity index (χ1n) is 9.49. The predicted molar refractivity (Wildman–Crippen MR) is 99.4 cm³/mol. The molecule has 0 radical (unpaired) electrons. The summed E-state index contributed by atoms with van der Waals surface area (Å²) in [5.74, 6) is 1.58. The molecule has 0 amide bonds. The molecule has 2 aromatic rings. The van der Waals surface area contributed by atoms with E-state index in [1.54, 1.807) is 0 Å². The Kier molecular flexibility index (Phi) is 4.87. The largest absolute Gasteiger partial charge is 0.490 e. The number of hydrogen-bond acceptors (Lipinski definition) is 5. The van der Waals surface area contributed by atoms with Crippen LogP contribution < -0.4 is 14.8 Å². The van der Waals surface area contributed by atoms with E-state index in [2.05, 4.69) is 10.4 Å². The molecule has 1 fully saturated rings. The number of benzene rings is 1. The van der Waals surface area contributed by atoms with Crippen molar-refractivity contribution in [3.8, 4) is 22.8 Å². The number of aliphatic hydroxyl groups is 1. The third kappa shape index (κ3) is 3.71. The van der Waals surface area contributed by atoms with Crippen LogP contribution in [-0.4, -0.2) is 40.2 Å². The normalized spacial score (nSPS) is 18.7. The van der Waals surface area contributed by atoms with E-state index in [1.807, 2.05) is 36.1 Å². The average Bonchev–Trinajstić information content (AvgIpc) is 3.13. The second kappa shape index (κ2) is 7.29. The first kappa shape index (κ1) is 17.4. The molecule has 4 rings (SSSR count). The van der Waals surface area contributed by atoms with E-state index in [0.29, 0.717) is 26.3 Å². The topological polar surface area (TPSA) is 68.5 Å². The smallest absolute Gasteiger partial charge is 0.161 e. The van der Waals surface area contributed by atoms with Crippen LogP contribution in [0.3, 0.4) is 0 Å². The van der Waals surface area contributed by atoms with Gasteiger partial charge in [-0.1, -0.05) is 12.8 Å². The number of aromatic nitrogens is 2. The minimum Gasteiger partial charge on any atom is -0.490 e. The van der Waals surface area contributed by atoms with E-state index < -0.39 is 5.60 Å². The Balaban J connectivity index is 1.51. The molecule has 0 saturated heterocycles. The summed E-state index contributed by atoms with van der Waals surface area (Å²) >= 11 is 0. The van der Waals surface area contributed by atoms with E-state index in [0.717, 1.165) is 60.4 Å². The van der Waals surface area contributed by atoms with Crippen LogP contribution >= 0.6 is 0 Å². The van der Waals surface area contributed by atoms with Crippen molar-refractivity contribution in [2.24, 2.45) is 7.05 Å². The summed E-state index contributed by atoms with van der Waals surface area (Å²) < 4.78 is 13.4. The SMILES string of the molecule is Cn1cc(CNCC2(O)CCCC2)c(-c2ccc3c(c2)OCCCO3)n1. The van der Waals surface area contributed by atoms with Gasteiger partial charge in [-0.25, -0.2) is 0 Å². The Morgan fingerprint density at radius 1 is 1.15 bits per heavy atom. The van der Waals surface area contributed by atoms with E-state index >= 15 is 0 Å². The van der Waals surface area contributed by atoms with Crippen molar-refractivity contribution in [2.45, 2.75) is 44.2 Å². The van der Waals surface area contributed by atoms with Crippen molar-refractivity contribution in [3.63, 3.8) is 0 Å². The molecule has 0 atom stereocenters. The fraction of sp³-hybridized carbons (Fsp3) is 0.550. The summed E-state index contributed by atoms with van der Waals surface area (Å²) in [5, 5.41) is 18.6. The summed E-state index contributed by atoms with van der Waals surface area (Å²) in [7, 11) is 1.93. The predicted octanol–water partition coefficient (Wildman–Crippen LogP) is 2.64. The maximum Gasteiger partial charge on any atom is 0.161 e. The molecule has 2 N–H and O–H groups in total. The van der Waals surface area contributed by atoms with E-state index in [-0.39, 0.29) is 0 Å². The average molecular weight is 357 g/mol. The highest BCUT2D eigenvalue weighted by atomic mass is 16.5. The van der Waals surface area contributed by atoms with Gasteiger partial charge in [0.05, 0.1) is 24.5 Å². The molecule has 140 valence electrons. The number of rotatable bonds is 5. The molecular weight excluding hydrogens is 330 g/mol. The van der Waals surface area contributed by atoms with Crippen LogP contribution in [0.5, 0.6) is 11.5 Å². The zero-order chi connectivity index (χ0) is 18.0. The molecule has 1 aromatic carbocycles. The van der Waals surface area contributed by atoms with Gasteiger partial charge in [-0.3, -0.25) is 4.68 Å². The third-order valence-corrected chi connectivity index (χ3v) is 5.23. The lowest BCUT2D eigenvalue weighted by Gasteiger charge is -2.22. The molecule has 0 spiro atoms. The molecule has 0 bridgehead atoms. The second-order valence-electron chi connectivity index (χ2n) is 7.42. The van der Waals surface area contributed by atoms with Crippen molar-refractivity contribution in [1.82, 2.24) is 15.1 Å². The molecule has 6 nitrogen and oxygen atoms in total. The van der Waals surface area contributed by atoms with Gasteiger partial charge in [0.15, 0.2) is 11.5 Å². The molecule has 0 unspecified atom stereocenters. The van der Waals surface area contributed by atoms with Crippen LogP contribution in [0.1, 0.15) is 37.7 Å². The maximum atomic E-state index is 10.5. The minimum absolute atomic E-state index is 0.544. The van der Waals surface area contributed by atoms with Crippen LogP contribution in [0.2, 0.25) is 0 Å². The number of fused-ring (bicyclic) bond motifs is 1. The van der Waals surface area contributed by atoms with Gasteiger partial charge in [-0.15, -0.1) is 0 Å². The van der Waals surface area contributed by atoms with Crippen molar-refractivity contribution < 1.29 is 14.6 Å². The summed E-state index contributed by atoms with van der Waals surface area (Å²) in [5.41, 5.74) is 2.53. The summed E-state index contributed by atoms with van der Waals surface area (Å²) in [6.45, 7) is 2.67. The Morgan fingerprint density at radius 3 is 2.73 bits per heavy atom. The Labute approximate surface area is 154 Å². The van der Waals surface area contributed by atoms with Gasteiger partial charge < -0.3 is 19.9 Å². The number of nitrogens with one attached hydrogen (secondary N) is 1. The number of ether oxygens (including phenoxy) is 2. The van der Waals surface area contributed by atoms with Gasteiger partial charge in [0.1, 0.15) is 0 Å². The monoisotopic (exact) mass is 357 g/mol. The van der Waals surface area contributed by atoms with E-state index in [9.17, 15) is 5.11 Å². The lowest BCUT2D eigenvalue weighted by Crippen LogP contribution is -2.37. The molecule has 1 aliphatic heterocycles. The van der Waals surface area contributed by atoms with Crippen molar-refractivity contribution in [2.75, 3.05) is 19.8 Å². The third-order valence-electron chi connectivity index (χ3n) is 5.23. The lowest BCUT2D eigenvalue weighted by molar-refractivity contribution is 0.0475. The first-order chi connectivity index (χ1) is 12.6. The summed E-state index contributed by atoms with van der Waals surface area (Å²) in [6.07, 6.45) is 6.95. The molecule has 6 heteroatoms. The quantitative estimate of drug-likeness (QED) is 0.861. The molecule has 1 aliphatic carbocycles. The zero-order valence-electron chi connectivity index (χ0n) is 15.3. The fourth-order valence-electron chi connectivity index (χ4n) is 3.86. The van der Waals surface area contributed by atoms with E-state index in [4.69, 9.17) is 9.47 Å². The highest BCUT2D eigenvalue weighted by Crippen LogP contribution is 2.35. The minimum atomic E-state index is -0.544. The van der Waals surface area contributed by atoms with Gasteiger partial charge in [0.2, 0.25) is 0 Å². The van der Waals surface area contributed by atoms with Gasteiger partial charge in [-0.05, 0) is 31.0 Å². The number of aryl methyl sites for hydroxylation is 1. The van der Waals surface area contributed by atoms with Crippen molar-refractivity contribution in [3.05, 3.63) is 30.0 Å². The van der Waals surface area contributed by atoms with Crippen LogP contribution in [0.25, 0.3) is 11.3 Å². The van der Waals surface area contributed by atoms with Gasteiger partial charge in [-0.2, -0.15) is 5.10 Å². The lowest BCUT2D eigenvalue weighted by atomic mass is 10.0. The number of hydrogen-bond donors (Lipinski definition) is 2. The molecule has 1 saturated carbocycles. The Bertz CT molecular complexity index is 766. The van der Waals surface area contributed by atoms with E-state index in [1.165, 1.54) is 0 Å². The van der Waals surface area contributed by atoms with Gasteiger partial charge in [0, 0.05) is 43.9 Å². The van der Waals surface area contributed by atoms with Crippen LogP contribution in [-0.2, 0) is 13.6 Å². The maximum absolute atomic E-state index is 10.5. The molecule has 26 heavy (non-hydrogen) atoms. The zero-order valence-corrected chi connectivity index (χ0v) is 15.3. The molecule has 2 aliphatic rings. The second-order valence-corrected chi connectivity index (χ2v) is 7.42. The summed E-state index contributed by atoms with van der Waals surface area (Å²) in [6, 6.07) is 6.00. The van der Waals surface area contributed by atoms with Gasteiger partial charge in [0.25, 0.3) is 0 Å². The highest BCUT2D eigenvalue weighted by molar-refractivity contribution is 5.66.